The van der Waals surface area contributed by atoms with Gasteiger partial charge in [-0.15, -0.1) is 11.3 Å². The second-order valence-electron chi connectivity index (χ2n) is 5.15. The van der Waals surface area contributed by atoms with Crippen molar-refractivity contribution >= 4 is 21.4 Å². The van der Waals surface area contributed by atoms with E-state index >= 15 is 0 Å². The normalized spacial score (nSPS) is 12.2. The molecular weight excluding hydrogens is 308 g/mol. The highest BCUT2D eigenvalue weighted by Crippen LogP contribution is 2.20. The van der Waals surface area contributed by atoms with Gasteiger partial charge in [0.25, 0.3) is 0 Å². The molecule has 2 rings (SSSR count). The molecule has 8 heteroatoms. The molecule has 2 heterocycles. The Bertz CT molecular complexity index is 689. The number of rotatable bonds is 7. The quantitative estimate of drug-likeness (QED) is 0.723. The first-order valence-electron chi connectivity index (χ1n) is 6.68. The zero-order chi connectivity index (χ0) is 15.5. The van der Waals surface area contributed by atoms with Crippen LogP contribution in [-0.4, -0.2) is 24.7 Å². The van der Waals surface area contributed by atoms with E-state index in [-0.39, 0.29) is 6.54 Å². The average molecular weight is 328 g/mol. The van der Waals surface area contributed by atoms with E-state index in [9.17, 15) is 8.42 Å². The third kappa shape index (κ3) is 4.37. The molecule has 6 nitrogen and oxygen atoms in total. The lowest BCUT2D eigenvalue weighted by atomic mass is 10.3. The van der Waals surface area contributed by atoms with E-state index in [1.807, 2.05) is 12.3 Å². The van der Waals surface area contributed by atoms with Crippen LogP contribution < -0.4 is 10.0 Å². The fourth-order valence-electron chi connectivity index (χ4n) is 1.71. The van der Waals surface area contributed by atoms with Crippen LogP contribution in [-0.2, 0) is 23.1 Å². The lowest BCUT2D eigenvalue weighted by molar-refractivity contribution is 0.582. The van der Waals surface area contributed by atoms with Crippen molar-refractivity contribution in [2.75, 3.05) is 0 Å². The van der Waals surface area contributed by atoms with Gasteiger partial charge in [0.2, 0.25) is 10.0 Å². The number of H-pyrrole nitrogens is 1. The molecule has 0 aliphatic carbocycles. The first-order valence-corrected chi connectivity index (χ1v) is 9.04. The molecule has 0 aliphatic heterocycles. The smallest absolute Gasteiger partial charge is 0.250 e. The Morgan fingerprint density at radius 2 is 2.14 bits per heavy atom. The molecule has 0 atom stereocenters. The molecule has 0 saturated heterocycles. The van der Waals surface area contributed by atoms with E-state index in [4.69, 9.17) is 0 Å². The Hall–Kier alpha value is -1.22. The fourth-order valence-corrected chi connectivity index (χ4v) is 3.97. The molecule has 0 saturated carbocycles. The summed E-state index contributed by atoms with van der Waals surface area (Å²) in [5, 5.41) is 11.8. The summed E-state index contributed by atoms with van der Waals surface area (Å²) in [7, 11) is -3.47. The molecule has 0 fully saturated rings. The van der Waals surface area contributed by atoms with Gasteiger partial charge in [-0.05, 0) is 23.9 Å². The van der Waals surface area contributed by atoms with Crippen molar-refractivity contribution in [1.82, 2.24) is 20.2 Å². The second kappa shape index (κ2) is 6.69. The molecule has 3 N–H and O–H groups in total. The third-order valence-electron chi connectivity index (χ3n) is 3.00. The average Bonchev–Trinajstić information content (AvgIpc) is 3.03. The molecule has 21 heavy (non-hydrogen) atoms. The van der Waals surface area contributed by atoms with Crippen LogP contribution in [0.1, 0.15) is 30.7 Å². The molecule has 0 unspecified atom stereocenters. The van der Waals surface area contributed by atoms with E-state index in [0.717, 1.165) is 16.8 Å². The predicted molar refractivity (Wildman–Crippen MR) is 83.6 cm³/mol. The number of nitrogens with one attached hydrogen (secondary N) is 3. The lowest BCUT2D eigenvalue weighted by Gasteiger charge is -2.06. The van der Waals surface area contributed by atoms with Gasteiger partial charge in [0.05, 0.1) is 6.20 Å². The van der Waals surface area contributed by atoms with Crippen molar-refractivity contribution in [3.63, 3.8) is 0 Å². The summed E-state index contributed by atoms with van der Waals surface area (Å²) in [6.07, 6.45) is 1.63. The zero-order valence-electron chi connectivity index (χ0n) is 12.3. The minimum atomic E-state index is -3.47. The van der Waals surface area contributed by atoms with Gasteiger partial charge in [-0.1, -0.05) is 13.8 Å². The molecule has 0 bridgehead atoms. The highest BCUT2D eigenvalue weighted by atomic mass is 32.2. The van der Waals surface area contributed by atoms with Gasteiger partial charge >= 0.3 is 0 Å². The van der Waals surface area contributed by atoms with Gasteiger partial charge in [-0.3, -0.25) is 5.10 Å². The minimum Gasteiger partial charge on any atom is -0.310 e. The molecule has 0 spiro atoms. The van der Waals surface area contributed by atoms with Crippen molar-refractivity contribution in [3.05, 3.63) is 34.5 Å². The highest BCUT2D eigenvalue weighted by Gasteiger charge is 2.17. The van der Waals surface area contributed by atoms with Gasteiger partial charge in [0, 0.05) is 30.4 Å². The maximum atomic E-state index is 12.2. The largest absolute Gasteiger partial charge is 0.310 e. The van der Waals surface area contributed by atoms with Crippen molar-refractivity contribution in [2.45, 2.75) is 44.1 Å². The summed E-state index contributed by atoms with van der Waals surface area (Å²) in [5.41, 5.74) is 2.69. The summed E-state index contributed by atoms with van der Waals surface area (Å²) in [6.45, 7) is 6.88. The van der Waals surface area contributed by atoms with Crippen LogP contribution in [0, 0.1) is 6.92 Å². The Morgan fingerprint density at radius 3 is 2.76 bits per heavy atom. The molecule has 2 aromatic rings. The lowest BCUT2D eigenvalue weighted by Crippen LogP contribution is -2.23. The maximum absolute atomic E-state index is 12.2. The van der Waals surface area contributed by atoms with E-state index in [1.54, 1.807) is 12.3 Å². The van der Waals surface area contributed by atoms with Crippen molar-refractivity contribution in [3.8, 4) is 0 Å². The number of aromatic nitrogens is 2. The number of hydrogen-bond donors (Lipinski definition) is 3. The van der Waals surface area contributed by atoms with Crippen LogP contribution in [0.5, 0.6) is 0 Å². The number of thiophene rings is 1. The SMILES string of the molecule is Cc1[nH]ncc1CNS(=O)(=O)c1cc(CNC(C)C)cs1. The topological polar surface area (TPSA) is 86.9 Å². The third-order valence-corrected chi connectivity index (χ3v) is 5.89. The molecule has 0 radical (unpaired) electrons. The van der Waals surface area contributed by atoms with Crippen LogP contribution in [0.15, 0.2) is 21.9 Å². The molecule has 2 aromatic heterocycles. The fraction of sp³-hybridized carbons (Fsp3) is 0.462. The molecular formula is C13H20N4O2S2. The number of nitrogens with zero attached hydrogens (tertiary/aromatic N) is 1. The van der Waals surface area contributed by atoms with Crippen LogP contribution >= 0.6 is 11.3 Å². The maximum Gasteiger partial charge on any atom is 0.250 e. The first kappa shape index (κ1) is 16.2. The summed E-state index contributed by atoms with van der Waals surface area (Å²) in [6, 6.07) is 2.08. The van der Waals surface area contributed by atoms with Gasteiger partial charge < -0.3 is 5.32 Å². The second-order valence-corrected chi connectivity index (χ2v) is 8.06. The molecule has 116 valence electrons. The molecule has 0 amide bonds. The highest BCUT2D eigenvalue weighted by molar-refractivity contribution is 7.91. The van der Waals surface area contributed by atoms with Gasteiger partial charge in [-0.2, -0.15) is 5.10 Å². The van der Waals surface area contributed by atoms with Crippen LogP contribution in [0.25, 0.3) is 0 Å². The summed E-state index contributed by atoms with van der Waals surface area (Å²) in [4.78, 5) is 0. The van der Waals surface area contributed by atoms with Crippen molar-refractivity contribution in [2.24, 2.45) is 0 Å². The summed E-state index contributed by atoms with van der Waals surface area (Å²) < 4.78 is 27.4. The predicted octanol–water partition coefficient (Wildman–Crippen LogP) is 1.76. The van der Waals surface area contributed by atoms with Gasteiger partial charge in [0.15, 0.2) is 0 Å². The number of aryl methyl sites for hydroxylation is 1. The monoisotopic (exact) mass is 328 g/mol. The van der Waals surface area contributed by atoms with E-state index in [1.165, 1.54) is 11.3 Å². The van der Waals surface area contributed by atoms with E-state index in [2.05, 4.69) is 34.1 Å². The van der Waals surface area contributed by atoms with Crippen LogP contribution in [0.2, 0.25) is 0 Å². The van der Waals surface area contributed by atoms with Crippen LogP contribution in [0.4, 0.5) is 0 Å². The number of sulfonamides is 1. The first-order chi connectivity index (χ1) is 9.88. The summed E-state index contributed by atoms with van der Waals surface area (Å²) >= 11 is 1.24. The van der Waals surface area contributed by atoms with Gasteiger partial charge in [0.1, 0.15) is 4.21 Å². The van der Waals surface area contributed by atoms with E-state index in [0.29, 0.717) is 16.8 Å². The van der Waals surface area contributed by atoms with E-state index < -0.39 is 10.0 Å². The van der Waals surface area contributed by atoms with Crippen molar-refractivity contribution in [1.29, 1.82) is 0 Å². The Kier molecular flexibility index (Phi) is 5.15. The standard InChI is InChI=1S/C13H20N4O2S2/c1-9(2)14-5-11-4-13(20-8-11)21(18,19)16-7-12-6-15-17-10(12)3/h4,6,8-9,14,16H,5,7H2,1-3H3,(H,15,17). The molecule has 0 aliphatic rings. The Balaban J connectivity index is 2.01. The minimum absolute atomic E-state index is 0.238. The number of hydrogen-bond acceptors (Lipinski definition) is 5. The summed E-state index contributed by atoms with van der Waals surface area (Å²) in [5.74, 6) is 0. The Morgan fingerprint density at radius 1 is 1.38 bits per heavy atom. The van der Waals surface area contributed by atoms with Crippen molar-refractivity contribution < 1.29 is 8.42 Å². The number of aromatic amines is 1. The van der Waals surface area contributed by atoms with Gasteiger partial charge in [-0.25, -0.2) is 13.1 Å². The Labute approximate surface area is 129 Å². The molecule has 0 aromatic carbocycles. The zero-order valence-corrected chi connectivity index (χ0v) is 13.9. The van der Waals surface area contributed by atoms with Crippen LogP contribution in [0.3, 0.4) is 0 Å².